The minimum Gasteiger partial charge on any atom is -0.325 e. The monoisotopic (exact) mass is 306 g/mol. The number of carbonyl (C=O) groups is 1. The molecule has 2 aliphatic rings. The lowest BCUT2D eigenvalue weighted by atomic mass is 9.94. The Bertz CT molecular complexity index is 735. The fraction of sp³-hybridized carbons (Fsp3) is 0.350. The van der Waals surface area contributed by atoms with Crippen molar-refractivity contribution in [3.8, 4) is 0 Å². The number of rotatable bonds is 3. The van der Waals surface area contributed by atoms with Gasteiger partial charge >= 0.3 is 0 Å². The second kappa shape index (κ2) is 5.50. The molecule has 0 spiro atoms. The van der Waals surface area contributed by atoms with E-state index in [1.54, 1.807) is 0 Å². The fourth-order valence-corrected chi connectivity index (χ4v) is 3.56. The number of nitrogens with one attached hydrogen (secondary N) is 1. The van der Waals surface area contributed by atoms with Gasteiger partial charge < -0.3 is 10.2 Å². The van der Waals surface area contributed by atoms with E-state index in [-0.39, 0.29) is 11.3 Å². The van der Waals surface area contributed by atoms with Gasteiger partial charge in [0.25, 0.3) is 0 Å². The van der Waals surface area contributed by atoms with Gasteiger partial charge in [0.05, 0.1) is 5.41 Å². The number of benzene rings is 2. The molecule has 1 N–H and O–H groups in total. The number of carbonyl (C=O) groups excluding carboxylic acids is 1. The average Bonchev–Trinajstić information content (AvgIpc) is 3.37. The lowest BCUT2D eigenvalue weighted by Crippen LogP contribution is -2.29. The van der Waals surface area contributed by atoms with Gasteiger partial charge in [0.15, 0.2) is 0 Å². The van der Waals surface area contributed by atoms with Gasteiger partial charge in [-0.1, -0.05) is 36.4 Å². The Kier molecular flexibility index (Phi) is 3.46. The molecule has 0 atom stereocenters. The van der Waals surface area contributed by atoms with E-state index in [4.69, 9.17) is 0 Å². The average molecular weight is 306 g/mol. The Morgan fingerprint density at radius 3 is 2.61 bits per heavy atom. The van der Waals surface area contributed by atoms with Crippen molar-refractivity contribution in [2.24, 2.45) is 0 Å². The van der Waals surface area contributed by atoms with Crippen molar-refractivity contribution in [2.75, 3.05) is 18.9 Å². The molecule has 1 saturated carbocycles. The summed E-state index contributed by atoms with van der Waals surface area (Å²) in [5.74, 6) is 0.132. The van der Waals surface area contributed by atoms with E-state index in [9.17, 15) is 4.79 Å². The van der Waals surface area contributed by atoms with Crippen molar-refractivity contribution in [3.63, 3.8) is 0 Å². The third-order valence-corrected chi connectivity index (χ3v) is 5.18. The minimum atomic E-state index is -0.312. The second-order valence-corrected chi connectivity index (χ2v) is 6.87. The largest absolute Gasteiger partial charge is 0.325 e. The van der Waals surface area contributed by atoms with Crippen LogP contribution < -0.4 is 5.32 Å². The first-order valence-electron chi connectivity index (χ1n) is 8.35. The maximum absolute atomic E-state index is 12.8. The number of hydrogen-bond acceptors (Lipinski definition) is 2. The molecule has 0 radical (unpaired) electrons. The predicted octanol–water partition coefficient (Wildman–Crippen LogP) is 3.34. The highest BCUT2D eigenvalue weighted by atomic mass is 16.2. The Labute approximate surface area is 137 Å². The van der Waals surface area contributed by atoms with Gasteiger partial charge in [-0.2, -0.15) is 0 Å². The van der Waals surface area contributed by atoms with Crippen LogP contribution in [0.4, 0.5) is 5.69 Å². The molecule has 1 amide bonds. The number of nitrogens with zero attached hydrogens (tertiary/aromatic N) is 1. The lowest BCUT2D eigenvalue weighted by Gasteiger charge is -2.25. The second-order valence-electron chi connectivity index (χ2n) is 6.87. The van der Waals surface area contributed by atoms with Crippen molar-refractivity contribution in [2.45, 2.75) is 31.2 Å². The highest BCUT2D eigenvalue weighted by molar-refractivity contribution is 6.01. The van der Waals surface area contributed by atoms with E-state index in [1.807, 2.05) is 24.3 Å². The molecule has 0 saturated heterocycles. The van der Waals surface area contributed by atoms with Crippen LogP contribution >= 0.6 is 0 Å². The Morgan fingerprint density at radius 2 is 1.87 bits per heavy atom. The van der Waals surface area contributed by atoms with Gasteiger partial charge in [-0.25, -0.2) is 0 Å². The SMILES string of the molecule is CN1CCc2ccc(NC(=O)C3(c4ccccc4)CC3)cc2C1. The van der Waals surface area contributed by atoms with E-state index in [0.29, 0.717) is 0 Å². The van der Waals surface area contributed by atoms with Crippen molar-refractivity contribution >= 4 is 11.6 Å². The molecule has 2 aromatic rings. The van der Waals surface area contributed by atoms with Crippen molar-refractivity contribution in [1.82, 2.24) is 4.90 Å². The number of likely N-dealkylation sites (N-methyl/N-ethyl adjacent to an activating group) is 1. The fourth-order valence-electron chi connectivity index (χ4n) is 3.56. The molecule has 1 heterocycles. The Morgan fingerprint density at radius 1 is 1.09 bits per heavy atom. The van der Waals surface area contributed by atoms with Crippen LogP contribution in [0.25, 0.3) is 0 Å². The maximum atomic E-state index is 12.8. The summed E-state index contributed by atoms with van der Waals surface area (Å²) in [7, 11) is 2.14. The molecular weight excluding hydrogens is 284 g/mol. The summed E-state index contributed by atoms with van der Waals surface area (Å²) < 4.78 is 0. The van der Waals surface area contributed by atoms with Crippen molar-refractivity contribution < 1.29 is 4.79 Å². The highest BCUT2D eigenvalue weighted by Gasteiger charge is 2.51. The molecule has 1 aliphatic heterocycles. The normalized spacial score (nSPS) is 19.0. The molecule has 4 rings (SSSR count). The Balaban J connectivity index is 1.55. The zero-order valence-electron chi connectivity index (χ0n) is 13.5. The van der Waals surface area contributed by atoms with Crippen LogP contribution in [-0.4, -0.2) is 24.4 Å². The summed E-state index contributed by atoms with van der Waals surface area (Å²) in [5, 5.41) is 3.15. The van der Waals surface area contributed by atoms with Gasteiger partial charge in [-0.05, 0) is 55.1 Å². The van der Waals surface area contributed by atoms with Gasteiger partial charge in [0.2, 0.25) is 5.91 Å². The number of anilines is 1. The van der Waals surface area contributed by atoms with Crippen LogP contribution in [-0.2, 0) is 23.2 Å². The van der Waals surface area contributed by atoms with Gasteiger partial charge in [-0.3, -0.25) is 4.79 Å². The molecule has 23 heavy (non-hydrogen) atoms. The molecule has 1 aliphatic carbocycles. The maximum Gasteiger partial charge on any atom is 0.235 e. The van der Waals surface area contributed by atoms with E-state index < -0.39 is 0 Å². The smallest absolute Gasteiger partial charge is 0.235 e. The highest BCUT2D eigenvalue weighted by Crippen LogP contribution is 2.48. The van der Waals surface area contributed by atoms with Crippen molar-refractivity contribution in [1.29, 1.82) is 0 Å². The minimum absolute atomic E-state index is 0.132. The van der Waals surface area contributed by atoms with Crippen LogP contribution in [0.15, 0.2) is 48.5 Å². The quantitative estimate of drug-likeness (QED) is 0.943. The zero-order valence-corrected chi connectivity index (χ0v) is 13.5. The summed E-state index contributed by atoms with van der Waals surface area (Å²) in [6.45, 7) is 2.07. The predicted molar refractivity (Wildman–Crippen MR) is 92.5 cm³/mol. The molecular formula is C20H22N2O. The van der Waals surface area contributed by atoms with E-state index in [2.05, 4.69) is 41.5 Å². The summed E-state index contributed by atoms with van der Waals surface area (Å²) in [5.41, 5.74) is 4.49. The third kappa shape index (κ3) is 2.66. The molecule has 0 aromatic heterocycles. The van der Waals surface area contributed by atoms with Gasteiger partial charge in [0, 0.05) is 18.8 Å². The van der Waals surface area contributed by atoms with Crippen LogP contribution in [0.3, 0.4) is 0 Å². The number of fused-ring (bicyclic) bond motifs is 1. The number of amides is 1. The van der Waals surface area contributed by atoms with E-state index in [0.717, 1.165) is 43.6 Å². The van der Waals surface area contributed by atoms with Crippen molar-refractivity contribution in [3.05, 3.63) is 65.2 Å². The summed E-state index contributed by atoms with van der Waals surface area (Å²) in [6.07, 6.45) is 2.97. The van der Waals surface area contributed by atoms with E-state index >= 15 is 0 Å². The van der Waals surface area contributed by atoms with Gasteiger partial charge in [-0.15, -0.1) is 0 Å². The molecule has 1 fully saturated rings. The van der Waals surface area contributed by atoms with Crippen LogP contribution in [0.2, 0.25) is 0 Å². The summed E-state index contributed by atoms with van der Waals surface area (Å²) in [6, 6.07) is 16.5. The van der Waals surface area contributed by atoms with Gasteiger partial charge in [0.1, 0.15) is 0 Å². The van der Waals surface area contributed by atoms with Crippen LogP contribution in [0, 0.1) is 0 Å². The molecule has 3 nitrogen and oxygen atoms in total. The summed E-state index contributed by atoms with van der Waals surface area (Å²) >= 11 is 0. The molecule has 3 heteroatoms. The summed E-state index contributed by atoms with van der Waals surface area (Å²) in [4.78, 5) is 15.1. The van der Waals surface area contributed by atoms with E-state index in [1.165, 1.54) is 11.1 Å². The van der Waals surface area contributed by atoms with Crippen LogP contribution in [0.1, 0.15) is 29.5 Å². The number of hydrogen-bond donors (Lipinski definition) is 1. The standard InChI is InChI=1S/C20H22N2O/c1-22-12-9-15-7-8-18(13-16(15)14-22)21-19(23)20(10-11-20)17-5-3-2-4-6-17/h2-8,13H,9-12,14H2,1H3,(H,21,23). The molecule has 118 valence electrons. The molecule has 2 aromatic carbocycles. The van der Waals surface area contributed by atoms with Crippen LogP contribution in [0.5, 0.6) is 0 Å². The Hall–Kier alpha value is -2.13. The molecule has 0 unspecified atom stereocenters. The first kappa shape index (κ1) is 14.5. The topological polar surface area (TPSA) is 32.3 Å². The first-order valence-corrected chi connectivity index (χ1v) is 8.35. The molecule has 0 bridgehead atoms. The lowest BCUT2D eigenvalue weighted by molar-refractivity contribution is -0.118. The third-order valence-electron chi connectivity index (χ3n) is 5.18. The first-order chi connectivity index (χ1) is 11.2. The zero-order chi connectivity index (χ0) is 15.9.